The van der Waals surface area contributed by atoms with Gasteiger partial charge in [-0.25, -0.2) is 4.98 Å². The highest BCUT2D eigenvalue weighted by Crippen LogP contribution is 2.26. The van der Waals surface area contributed by atoms with Gasteiger partial charge in [0.05, 0.1) is 10.7 Å². The van der Waals surface area contributed by atoms with Crippen molar-refractivity contribution in [2.75, 3.05) is 5.32 Å². The number of amides is 1. The molecule has 1 aromatic heterocycles. The summed E-state index contributed by atoms with van der Waals surface area (Å²) < 4.78 is 0.663. The molecule has 0 aliphatic heterocycles. The lowest BCUT2D eigenvalue weighted by Crippen LogP contribution is -2.13. The summed E-state index contributed by atoms with van der Waals surface area (Å²) in [6.07, 6.45) is 1.59. The Morgan fingerprint density at radius 2 is 2.05 bits per heavy atom. The lowest BCUT2D eigenvalue weighted by atomic mass is 10.2. The zero-order valence-corrected chi connectivity index (χ0v) is 13.0. The number of benzene rings is 1. The van der Waals surface area contributed by atoms with Gasteiger partial charge in [-0.05, 0) is 52.7 Å². The van der Waals surface area contributed by atoms with Crippen molar-refractivity contribution in [3.63, 3.8) is 0 Å². The van der Waals surface area contributed by atoms with E-state index in [1.54, 1.807) is 30.5 Å². The molecule has 0 fully saturated rings. The second-order valence-electron chi connectivity index (χ2n) is 3.88. The minimum absolute atomic E-state index is 0.265. The zero-order chi connectivity index (χ0) is 14.0. The summed E-state index contributed by atoms with van der Waals surface area (Å²) in [6.45, 7) is 1.85. The molecule has 0 atom stereocenters. The van der Waals surface area contributed by atoms with E-state index in [0.29, 0.717) is 20.7 Å². The summed E-state index contributed by atoms with van der Waals surface area (Å²) >= 11 is 15.1. The fraction of sp³-hybridized carbons (Fsp3) is 0.0769. The number of hydrogen-bond donors (Lipinski definition) is 1. The van der Waals surface area contributed by atoms with E-state index in [1.807, 2.05) is 6.92 Å². The third-order valence-corrected chi connectivity index (χ3v) is 4.03. The first-order chi connectivity index (χ1) is 8.99. The smallest absolute Gasteiger partial charge is 0.255 e. The fourth-order valence-corrected chi connectivity index (χ4v) is 2.25. The van der Waals surface area contributed by atoms with Crippen LogP contribution < -0.4 is 5.32 Å². The normalized spacial score (nSPS) is 10.3. The second-order valence-corrected chi connectivity index (χ2v) is 5.50. The van der Waals surface area contributed by atoms with Gasteiger partial charge >= 0.3 is 0 Å². The number of hydrogen-bond acceptors (Lipinski definition) is 2. The first-order valence-electron chi connectivity index (χ1n) is 5.36. The third-order valence-electron chi connectivity index (χ3n) is 2.53. The number of aryl methyl sites for hydroxylation is 1. The van der Waals surface area contributed by atoms with E-state index in [0.717, 1.165) is 5.56 Å². The summed E-state index contributed by atoms with van der Waals surface area (Å²) in [5.41, 5.74) is 1.84. The SMILES string of the molecule is Cc1ccnc(Cl)c1NC(=O)c1ccc(Cl)c(Br)c1. The Balaban J connectivity index is 2.28. The van der Waals surface area contributed by atoms with Crippen molar-refractivity contribution in [2.45, 2.75) is 6.92 Å². The molecular formula is C13H9BrCl2N2O. The van der Waals surface area contributed by atoms with Crippen LogP contribution in [-0.2, 0) is 0 Å². The first kappa shape index (κ1) is 14.3. The van der Waals surface area contributed by atoms with Crippen LogP contribution in [0, 0.1) is 6.92 Å². The van der Waals surface area contributed by atoms with Gasteiger partial charge in [0.2, 0.25) is 0 Å². The van der Waals surface area contributed by atoms with E-state index in [2.05, 4.69) is 26.2 Å². The lowest BCUT2D eigenvalue weighted by molar-refractivity contribution is 0.102. The van der Waals surface area contributed by atoms with Gasteiger partial charge < -0.3 is 5.32 Å². The van der Waals surface area contributed by atoms with E-state index in [4.69, 9.17) is 23.2 Å². The molecule has 98 valence electrons. The minimum atomic E-state index is -0.268. The molecule has 0 saturated heterocycles. The van der Waals surface area contributed by atoms with Crippen molar-refractivity contribution in [1.82, 2.24) is 4.98 Å². The first-order valence-corrected chi connectivity index (χ1v) is 6.91. The summed E-state index contributed by atoms with van der Waals surface area (Å²) in [7, 11) is 0. The number of carbonyl (C=O) groups is 1. The number of pyridine rings is 1. The number of rotatable bonds is 2. The standard InChI is InChI=1S/C13H9BrCl2N2O/c1-7-4-5-17-12(16)11(7)18-13(19)8-2-3-10(15)9(14)6-8/h2-6H,1H3,(H,18,19). The Labute approximate surface area is 129 Å². The molecule has 1 aromatic carbocycles. The number of halogens is 3. The summed E-state index contributed by atoms with van der Waals surface area (Å²) in [5, 5.41) is 3.56. The predicted molar refractivity (Wildman–Crippen MR) is 81.1 cm³/mol. The van der Waals surface area contributed by atoms with Crippen LogP contribution in [0.2, 0.25) is 10.2 Å². The molecule has 2 rings (SSSR count). The highest BCUT2D eigenvalue weighted by atomic mass is 79.9. The van der Waals surface area contributed by atoms with Crippen molar-refractivity contribution < 1.29 is 4.79 Å². The molecule has 6 heteroatoms. The predicted octanol–water partition coefficient (Wildman–Crippen LogP) is 4.71. The quantitative estimate of drug-likeness (QED) is 0.789. The van der Waals surface area contributed by atoms with Gasteiger partial charge in [0.15, 0.2) is 5.15 Å². The van der Waals surface area contributed by atoms with Gasteiger partial charge in [-0.2, -0.15) is 0 Å². The molecule has 0 unspecified atom stereocenters. The highest BCUT2D eigenvalue weighted by molar-refractivity contribution is 9.10. The fourth-order valence-electron chi connectivity index (χ4n) is 1.50. The Kier molecular flexibility index (Phi) is 4.45. The Bertz CT molecular complexity index is 626. The van der Waals surface area contributed by atoms with Crippen molar-refractivity contribution in [3.05, 3.63) is 56.2 Å². The number of carbonyl (C=O) groups excluding carboxylic acids is 1. The van der Waals surface area contributed by atoms with Crippen LogP contribution in [0.3, 0.4) is 0 Å². The van der Waals surface area contributed by atoms with E-state index < -0.39 is 0 Å². The molecule has 0 bridgehead atoms. The Hall–Kier alpha value is -1.10. The van der Waals surface area contributed by atoms with Gasteiger partial charge in [0.25, 0.3) is 5.91 Å². The average molecular weight is 360 g/mol. The topological polar surface area (TPSA) is 42.0 Å². The van der Waals surface area contributed by atoms with Crippen molar-refractivity contribution >= 4 is 50.7 Å². The number of nitrogens with one attached hydrogen (secondary N) is 1. The minimum Gasteiger partial charge on any atom is -0.319 e. The summed E-state index contributed by atoms with van der Waals surface area (Å²) in [6, 6.07) is 6.72. The number of nitrogens with zero attached hydrogens (tertiary/aromatic N) is 1. The summed E-state index contributed by atoms with van der Waals surface area (Å²) in [4.78, 5) is 16.1. The Morgan fingerprint density at radius 3 is 2.68 bits per heavy atom. The molecule has 3 nitrogen and oxygen atoms in total. The average Bonchev–Trinajstić information content (AvgIpc) is 2.37. The van der Waals surface area contributed by atoms with Crippen LogP contribution in [-0.4, -0.2) is 10.9 Å². The molecule has 1 amide bonds. The van der Waals surface area contributed by atoms with Gasteiger partial charge in [0, 0.05) is 16.2 Å². The number of anilines is 1. The largest absolute Gasteiger partial charge is 0.319 e. The monoisotopic (exact) mass is 358 g/mol. The van der Waals surface area contributed by atoms with Crippen molar-refractivity contribution in [3.8, 4) is 0 Å². The van der Waals surface area contributed by atoms with E-state index in [1.165, 1.54) is 0 Å². The van der Waals surface area contributed by atoms with Gasteiger partial charge in [-0.1, -0.05) is 23.2 Å². The van der Waals surface area contributed by atoms with Crippen molar-refractivity contribution in [2.24, 2.45) is 0 Å². The van der Waals surface area contributed by atoms with Gasteiger partial charge in [-0.15, -0.1) is 0 Å². The second kappa shape index (κ2) is 5.90. The van der Waals surface area contributed by atoms with Crippen molar-refractivity contribution in [1.29, 1.82) is 0 Å². The van der Waals surface area contributed by atoms with Crippen LogP contribution in [0.4, 0.5) is 5.69 Å². The molecule has 0 aliphatic carbocycles. The van der Waals surface area contributed by atoms with E-state index in [-0.39, 0.29) is 11.1 Å². The van der Waals surface area contributed by atoms with Crippen LogP contribution in [0.25, 0.3) is 0 Å². The van der Waals surface area contributed by atoms with Gasteiger partial charge in [0.1, 0.15) is 0 Å². The van der Waals surface area contributed by atoms with Crippen LogP contribution in [0.15, 0.2) is 34.9 Å². The van der Waals surface area contributed by atoms with Crippen LogP contribution in [0.1, 0.15) is 15.9 Å². The molecule has 0 radical (unpaired) electrons. The molecule has 19 heavy (non-hydrogen) atoms. The van der Waals surface area contributed by atoms with Gasteiger partial charge in [-0.3, -0.25) is 4.79 Å². The Morgan fingerprint density at radius 1 is 1.32 bits per heavy atom. The summed E-state index contributed by atoms with van der Waals surface area (Å²) in [5.74, 6) is -0.268. The lowest BCUT2D eigenvalue weighted by Gasteiger charge is -2.09. The van der Waals surface area contributed by atoms with E-state index >= 15 is 0 Å². The number of aromatic nitrogens is 1. The van der Waals surface area contributed by atoms with Crippen LogP contribution >= 0.6 is 39.1 Å². The zero-order valence-electron chi connectivity index (χ0n) is 9.88. The molecule has 0 spiro atoms. The molecule has 2 aromatic rings. The molecular weight excluding hydrogens is 351 g/mol. The van der Waals surface area contributed by atoms with E-state index in [9.17, 15) is 4.79 Å². The molecule has 0 saturated carbocycles. The maximum atomic E-state index is 12.1. The van der Waals surface area contributed by atoms with Crippen LogP contribution in [0.5, 0.6) is 0 Å². The molecule has 0 aliphatic rings. The maximum absolute atomic E-state index is 12.1. The molecule has 1 heterocycles. The molecule has 1 N–H and O–H groups in total. The highest BCUT2D eigenvalue weighted by Gasteiger charge is 2.12. The maximum Gasteiger partial charge on any atom is 0.255 e. The third kappa shape index (κ3) is 3.26.